The van der Waals surface area contributed by atoms with Crippen molar-refractivity contribution in [1.82, 2.24) is 5.32 Å². The Hall–Kier alpha value is -2.56. The number of nitrogens with one attached hydrogen (secondary N) is 1. The molecule has 1 amide bonds. The first kappa shape index (κ1) is 13.9. The van der Waals surface area contributed by atoms with Gasteiger partial charge in [-0.3, -0.25) is 4.79 Å². The van der Waals surface area contributed by atoms with Gasteiger partial charge in [0.15, 0.2) is 6.61 Å². The Kier molecular flexibility index (Phi) is 4.55. The molecule has 2 aromatic carbocycles. The number of carbonyl (C=O) groups excluding carboxylic acids is 1. The minimum Gasteiger partial charge on any atom is -0.484 e. The zero-order chi connectivity index (χ0) is 14.4. The van der Waals surface area contributed by atoms with Gasteiger partial charge in [-0.2, -0.15) is 0 Å². The van der Waals surface area contributed by atoms with Gasteiger partial charge in [-0.25, -0.2) is 4.39 Å². The van der Waals surface area contributed by atoms with Crippen LogP contribution in [0.5, 0.6) is 5.75 Å². The highest BCUT2D eigenvalue weighted by molar-refractivity contribution is 5.77. The molecule has 2 rings (SSSR count). The number of hydrogen-bond donors (Lipinski definition) is 2. The van der Waals surface area contributed by atoms with Crippen molar-refractivity contribution in [3.63, 3.8) is 0 Å². The lowest BCUT2D eigenvalue weighted by Crippen LogP contribution is -2.28. The average molecular weight is 274 g/mol. The maximum Gasteiger partial charge on any atom is 0.258 e. The second-order valence-corrected chi connectivity index (χ2v) is 4.23. The van der Waals surface area contributed by atoms with Gasteiger partial charge in [0, 0.05) is 17.8 Å². The van der Waals surface area contributed by atoms with Gasteiger partial charge in [-0.15, -0.1) is 0 Å². The molecule has 3 N–H and O–H groups in total. The smallest absolute Gasteiger partial charge is 0.258 e. The van der Waals surface area contributed by atoms with Crippen LogP contribution >= 0.6 is 0 Å². The Balaban J connectivity index is 1.78. The lowest BCUT2D eigenvalue weighted by atomic mass is 10.2. The molecular formula is C15H15FN2O2. The quantitative estimate of drug-likeness (QED) is 0.821. The SMILES string of the molecule is Nc1ccc(OCC(=O)NCc2ccccc2F)cc1. The predicted octanol–water partition coefficient (Wildman–Crippen LogP) is 2.10. The third-order valence-corrected chi connectivity index (χ3v) is 2.68. The molecule has 0 unspecified atom stereocenters. The summed E-state index contributed by atoms with van der Waals surface area (Å²) in [6.45, 7) is 0.00890. The molecule has 104 valence electrons. The Morgan fingerprint density at radius 3 is 2.55 bits per heavy atom. The Morgan fingerprint density at radius 2 is 1.85 bits per heavy atom. The molecule has 0 bridgehead atoms. The van der Waals surface area contributed by atoms with Crippen LogP contribution in [0.15, 0.2) is 48.5 Å². The maximum atomic E-state index is 13.3. The van der Waals surface area contributed by atoms with E-state index in [-0.39, 0.29) is 24.9 Å². The fraction of sp³-hybridized carbons (Fsp3) is 0.133. The van der Waals surface area contributed by atoms with E-state index in [1.54, 1.807) is 42.5 Å². The van der Waals surface area contributed by atoms with E-state index in [9.17, 15) is 9.18 Å². The number of benzene rings is 2. The zero-order valence-corrected chi connectivity index (χ0v) is 10.8. The molecule has 0 fully saturated rings. The van der Waals surface area contributed by atoms with Gasteiger partial charge in [0.25, 0.3) is 5.91 Å². The van der Waals surface area contributed by atoms with Gasteiger partial charge in [0.05, 0.1) is 0 Å². The molecule has 0 saturated carbocycles. The molecule has 0 aliphatic carbocycles. The molecule has 5 heteroatoms. The van der Waals surface area contributed by atoms with Crippen LogP contribution in [0, 0.1) is 5.82 Å². The van der Waals surface area contributed by atoms with Crippen LogP contribution in [-0.4, -0.2) is 12.5 Å². The van der Waals surface area contributed by atoms with Crippen molar-refractivity contribution in [2.24, 2.45) is 0 Å². The van der Waals surface area contributed by atoms with Crippen molar-refractivity contribution in [2.75, 3.05) is 12.3 Å². The number of amides is 1. The molecule has 4 nitrogen and oxygen atoms in total. The normalized spacial score (nSPS) is 10.1. The summed E-state index contributed by atoms with van der Waals surface area (Å²) < 4.78 is 18.6. The molecule has 0 saturated heterocycles. The van der Waals surface area contributed by atoms with E-state index < -0.39 is 0 Å². The van der Waals surface area contributed by atoms with E-state index >= 15 is 0 Å². The van der Waals surface area contributed by atoms with Crippen molar-refractivity contribution in [3.8, 4) is 5.75 Å². The lowest BCUT2D eigenvalue weighted by Gasteiger charge is -2.08. The van der Waals surface area contributed by atoms with Crippen LogP contribution in [0.4, 0.5) is 10.1 Å². The van der Waals surface area contributed by atoms with Gasteiger partial charge < -0.3 is 15.8 Å². The average Bonchev–Trinajstić information content (AvgIpc) is 2.46. The molecule has 0 heterocycles. The Labute approximate surface area is 116 Å². The van der Waals surface area contributed by atoms with Crippen molar-refractivity contribution < 1.29 is 13.9 Å². The molecule has 2 aromatic rings. The summed E-state index contributed by atoms with van der Waals surface area (Å²) in [5.41, 5.74) is 6.60. The second kappa shape index (κ2) is 6.56. The van der Waals surface area contributed by atoms with Crippen LogP contribution in [0.2, 0.25) is 0 Å². The summed E-state index contributed by atoms with van der Waals surface area (Å²) in [6, 6.07) is 13.0. The van der Waals surface area contributed by atoms with E-state index in [0.29, 0.717) is 17.0 Å². The highest BCUT2D eigenvalue weighted by atomic mass is 19.1. The summed E-state index contributed by atoms with van der Waals surface area (Å²) in [7, 11) is 0. The van der Waals surface area contributed by atoms with Gasteiger partial charge in [-0.1, -0.05) is 18.2 Å². The van der Waals surface area contributed by atoms with Crippen LogP contribution in [0.25, 0.3) is 0 Å². The first-order valence-corrected chi connectivity index (χ1v) is 6.13. The number of carbonyl (C=O) groups is 1. The number of halogens is 1. The highest BCUT2D eigenvalue weighted by Gasteiger charge is 2.05. The minimum absolute atomic E-state index is 0.127. The molecule has 0 aromatic heterocycles. The second-order valence-electron chi connectivity index (χ2n) is 4.23. The van der Waals surface area contributed by atoms with Crippen LogP contribution in [-0.2, 0) is 11.3 Å². The van der Waals surface area contributed by atoms with Crippen molar-refractivity contribution >= 4 is 11.6 Å². The maximum absolute atomic E-state index is 13.3. The zero-order valence-electron chi connectivity index (χ0n) is 10.8. The van der Waals surface area contributed by atoms with Gasteiger partial charge in [0.1, 0.15) is 11.6 Å². The summed E-state index contributed by atoms with van der Waals surface area (Å²) in [5, 5.41) is 2.59. The van der Waals surface area contributed by atoms with Gasteiger partial charge in [0.2, 0.25) is 0 Å². The largest absolute Gasteiger partial charge is 0.484 e. The van der Waals surface area contributed by atoms with Crippen molar-refractivity contribution in [2.45, 2.75) is 6.54 Å². The van der Waals surface area contributed by atoms with Gasteiger partial charge >= 0.3 is 0 Å². The van der Waals surface area contributed by atoms with Crippen molar-refractivity contribution in [1.29, 1.82) is 0 Å². The first-order chi connectivity index (χ1) is 9.65. The van der Waals surface area contributed by atoms with E-state index in [2.05, 4.69) is 5.32 Å². The van der Waals surface area contributed by atoms with E-state index in [4.69, 9.17) is 10.5 Å². The van der Waals surface area contributed by atoms with Crippen LogP contribution < -0.4 is 15.8 Å². The molecule has 0 aliphatic rings. The van der Waals surface area contributed by atoms with E-state index in [0.717, 1.165) is 0 Å². The Bertz CT molecular complexity index is 585. The van der Waals surface area contributed by atoms with Crippen LogP contribution in [0.1, 0.15) is 5.56 Å². The number of nitrogens with two attached hydrogens (primary N) is 1. The molecule has 0 spiro atoms. The summed E-state index contributed by atoms with van der Waals surface area (Å²) in [6.07, 6.45) is 0. The summed E-state index contributed by atoms with van der Waals surface area (Å²) in [5.74, 6) is -0.0995. The summed E-state index contributed by atoms with van der Waals surface area (Å²) in [4.78, 5) is 11.6. The fourth-order valence-electron chi connectivity index (χ4n) is 1.60. The van der Waals surface area contributed by atoms with Crippen LogP contribution in [0.3, 0.4) is 0 Å². The lowest BCUT2D eigenvalue weighted by molar-refractivity contribution is -0.123. The first-order valence-electron chi connectivity index (χ1n) is 6.13. The number of anilines is 1. The van der Waals surface area contributed by atoms with E-state index in [1.807, 2.05) is 0 Å². The highest BCUT2D eigenvalue weighted by Crippen LogP contribution is 2.12. The third kappa shape index (κ3) is 3.98. The van der Waals surface area contributed by atoms with E-state index in [1.165, 1.54) is 6.07 Å². The molecule has 0 aliphatic heterocycles. The molecular weight excluding hydrogens is 259 g/mol. The standard InChI is InChI=1S/C15H15FN2O2/c16-14-4-2-1-3-11(14)9-18-15(19)10-20-13-7-5-12(17)6-8-13/h1-8H,9-10,17H2,(H,18,19). The number of hydrogen-bond acceptors (Lipinski definition) is 3. The van der Waals surface area contributed by atoms with Crippen molar-refractivity contribution in [3.05, 3.63) is 59.9 Å². The predicted molar refractivity (Wildman–Crippen MR) is 74.6 cm³/mol. The number of nitrogen functional groups attached to an aromatic ring is 1. The summed E-state index contributed by atoms with van der Waals surface area (Å²) >= 11 is 0. The fourth-order valence-corrected chi connectivity index (χ4v) is 1.60. The number of ether oxygens (including phenoxy) is 1. The molecule has 0 radical (unpaired) electrons. The molecule has 20 heavy (non-hydrogen) atoms. The third-order valence-electron chi connectivity index (χ3n) is 2.68. The topological polar surface area (TPSA) is 64.3 Å². The monoisotopic (exact) mass is 274 g/mol. The molecule has 0 atom stereocenters. The number of rotatable bonds is 5. The minimum atomic E-state index is -0.341. The Morgan fingerprint density at radius 1 is 1.15 bits per heavy atom. The van der Waals surface area contributed by atoms with Gasteiger partial charge in [-0.05, 0) is 30.3 Å².